The Morgan fingerprint density at radius 2 is 2.29 bits per heavy atom. The van der Waals surface area contributed by atoms with Crippen LogP contribution in [0.15, 0.2) is 24.3 Å². The summed E-state index contributed by atoms with van der Waals surface area (Å²) < 4.78 is 5.09. The number of nitrogens with one attached hydrogen (secondary N) is 1. The third-order valence-electron chi connectivity index (χ3n) is 1.69. The van der Waals surface area contributed by atoms with Gasteiger partial charge in [-0.05, 0) is 17.7 Å². The molecule has 1 aromatic carbocycles. The van der Waals surface area contributed by atoms with E-state index in [9.17, 15) is 0 Å². The standard InChI is InChI=1S/C11H13NO.ClH/c1-3-7-12-9-10-5-4-6-11(8-10)13-2;/h1,4-6,8,12H,7,9H2,2H3;1H. The molecule has 76 valence electrons. The van der Waals surface area contributed by atoms with Gasteiger partial charge in [0.2, 0.25) is 0 Å². The smallest absolute Gasteiger partial charge is 0.119 e. The van der Waals surface area contributed by atoms with Gasteiger partial charge in [-0.15, -0.1) is 18.8 Å². The molecule has 1 N–H and O–H groups in total. The Morgan fingerprint density at radius 3 is 2.93 bits per heavy atom. The Labute approximate surface area is 91.1 Å². The fourth-order valence-corrected chi connectivity index (χ4v) is 1.06. The lowest BCUT2D eigenvalue weighted by Crippen LogP contribution is -2.12. The summed E-state index contributed by atoms with van der Waals surface area (Å²) in [5.74, 6) is 3.40. The average Bonchev–Trinajstić information content (AvgIpc) is 2.19. The number of hydrogen-bond donors (Lipinski definition) is 1. The molecule has 0 atom stereocenters. The first-order valence-electron chi connectivity index (χ1n) is 4.14. The van der Waals surface area contributed by atoms with E-state index in [4.69, 9.17) is 11.2 Å². The summed E-state index contributed by atoms with van der Waals surface area (Å²) in [7, 11) is 1.66. The second kappa shape index (κ2) is 7.25. The molecule has 1 aromatic rings. The monoisotopic (exact) mass is 211 g/mol. The summed E-state index contributed by atoms with van der Waals surface area (Å²) in [6, 6.07) is 7.91. The lowest BCUT2D eigenvalue weighted by atomic mass is 10.2. The molecule has 0 bridgehead atoms. The zero-order valence-electron chi connectivity index (χ0n) is 8.12. The molecule has 0 aliphatic rings. The predicted octanol–water partition coefficient (Wildman–Crippen LogP) is 1.84. The minimum atomic E-state index is 0. The van der Waals surface area contributed by atoms with Crippen LogP contribution in [0.1, 0.15) is 5.56 Å². The molecule has 0 heterocycles. The van der Waals surface area contributed by atoms with Crippen molar-refractivity contribution < 1.29 is 4.74 Å². The molecule has 0 saturated heterocycles. The Bertz CT molecular complexity index is 306. The summed E-state index contributed by atoms with van der Waals surface area (Å²) in [4.78, 5) is 0. The van der Waals surface area contributed by atoms with Crippen LogP contribution in [0.25, 0.3) is 0 Å². The van der Waals surface area contributed by atoms with Crippen molar-refractivity contribution in [3.63, 3.8) is 0 Å². The highest BCUT2D eigenvalue weighted by molar-refractivity contribution is 5.85. The minimum absolute atomic E-state index is 0. The van der Waals surface area contributed by atoms with Crippen LogP contribution in [0.3, 0.4) is 0 Å². The molecule has 3 heteroatoms. The van der Waals surface area contributed by atoms with Gasteiger partial charge in [0.05, 0.1) is 13.7 Å². The lowest BCUT2D eigenvalue weighted by molar-refractivity contribution is 0.414. The van der Waals surface area contributed by atoms with Gasteiger partial charge in [-0.25, -0.2) is 0 Å². The van der Waals surface area contributed by atoms with Crippen LogP contribution in [-0.4, -0.2) is 13.7 Å². The van der Waals surface area contributed by atoms with Crippen molar-refractivity contribution in [2.45, 2.75) is 6.54 Å². The highest BCUT2D eigenvalue weighted by atomic mass is 35.5. The van der Waals surface area contributed by atoms with Crippen LogP contribution in [0.2, 0.25) is 0 Å². The zero-order chi connectivity index (χ0) is 9.52. The van der Waals surface area contributed by atoms with Crippen molar-refractivity contribution in [1.29, 1.82) is 0 Å². The molecule has 0 amide bonds. The number of benzene rings is 1. The van der Waals surface area contributed by atoms with Gasteiger partial charge in [0.1, 0.15) is 5.75 Å². The van der Waals surface area contributed by atoms with E-state index in [-0.39, 0.29) is 12.4 Å². The Balaban J connectivity index is 0.00000169. The van der Waals surface area contributed by atoms with Crippen molar-refractivity contribution in [1.82, 2.24) is 5.32 Å². The van der Waals surface area contributed by atoms with Crippen LogP contribution >= 0.6 is 12.4 Å². The minimum Gasteiger partial charge on any atom is -0.497 e. The van der Waals surface area contributed by atoms with E-state index in [1.807, 2.05) is 24.3 Å². The number of hydrogen-bond acceptors (Lipinski definition) is 2. The zero-order valence-corrected chi connectivity index (χ0v) is 8.93. The van der Waals surface area contributed by atoms with Crippen LogP contribution in [0.5, 0.6) is 5.75 Å². The van der Waals surface area contributed by atoms with Gasteiger partial charge >= 0.3 is 0 Å². The van der Waals surface area contributed by atoms with Crippen LogP contribution < -0.4 is 10.1 Å². The summed E-state index contributed by atoms with van der Waals surface area (Å²) in [6.45, 7) is 1.37. The normalized spacial score (nSPS) is 8.57. The van der Waals surface area contributed by atoms with Gasteiger partial charge in [0.25, 0.3) is 0 Å². The largest absolute Gasteiger partial charge is 0.497 e. The Kier molecular flexibility index (Phi) is 6.65. The fourth-order valence-electron chi connectivity index (χ4n) is 1.06. The number of halogens is 1. The van der Waals surface area contributed by atoms with E-state index >= 15 is 0 Å². The molecule has 0 unspecified atom stereocenters. The maximum absolute atomic E-state index is 5.11. The SMILES string of the molecule is C#CCNCc1cccc(OC)c1.Cl. The molecular formula is C11H14ClNO. The molecule has 2 nitrogen and oxygen atoms in total. The molecule has 0 saturated carbocycles. The molecular weight excluding hydrogens is 198 g/mol. The van der Waals surface area contributed by atoms with Crippen LogP contribution in [0, 0.1) is 12.3 Å². The predicted molar refractivity (Wildman–Crippen MR) is 60.8 cm³/mol. The van der Waals surface area contributed by atoms with Gasteiger partial charge in [-0.2, -0.15) is 0 Å². The van der Waals surface area contributed by atoms with Gasteiger partial charge < -0.3 is 10.1 Å². The number of ether oxygens (including phenoxy) is 1. The maximum Gasteiger partial charge on any atom is 0.119 e. The first kappa shape index (κ1) is 12.8. The second-order valence-electron chi connectivity index (χ2n) is 2.66. The van der Waals surface area contributed by atoms with E-state index in [1.54, 1.807) is 7.11 Å². The van der Waals surface area contributed by atoms with Gasteiger partial charge in [0, 0.05) is 6.54 Å². The van der Waals surface area contributed by atoms with Gasteiger partial charge in [0.15, 0.2) is 0 Å². The fraction of sp³-hybridized carbons (Fsp3) is 0.273. The topological polar surface area (TPSA) is 21.3 Å². The first-order valence-corrected chi connectivity index (χ1v) is 4.14. The summed E-state index contributed by atoms with van der Waals surface area (Å²) in [6.07, 6.45) is 5.11. The molecule has 1 rings (SSSR count). The molecule has 0 aliphatic heterocycles. The molecule has 0 radical (unpaired) electrons. The van der Waals surface area contributed by atoms with Crippen molar-refractivity contribution >= 4 is 12.4 Å². The van der Waals surface area contributed by atoms with Gasteiger partial charge in [-0.1, -0.05) is 18.1 Å². The molecule has 14 heavy (non-hydrogen) atoms. The highest BCUT2D eigenvalue weighted by Gasteiger charge is 1.93. The number of methoxy groups -OCH3 is 1. The summed E-state index contributed by atoms with van der Waals surface area (Å²) >= 11 is 0. The van der Waals surface area contributed by atoms with Crippen molar-refractivity contribution in [3.05, 3.63) is 29.8 Å². The van der Waals surface area contributed by atoms with E-state index in [1.165, 1.54) is 5.56 Å². The van der Waals surface area contributed by atoms with E-state index < -0.39 is 0 Å². The number of terminal acetylenes is 1. The summed E-state index contributed by atoms with van der Waals surface area (Å²) in [5, 5.41) is 3.11. The Hall–Kier alpha value is -1.17. The van der Waals surface area contributed by atoms with Crippen molar-refractivity contribution in [2.24, 2.45) is 0 Å². The van der Waals surface area contributed by atoms with Gasteiger partial charge in [-0.3, -0.25) is 0 Å². The van der Waals surface area contributed by atoms with Crippen molar-refractivity contribution in [3.8, 4) is 18.1 Å². The summed E-state index contributed by atoms with van der Waals surface area (Å²) in [5.41, 5.74) is 1.18. The average molecular weight is 212 g/mol. The first-order chi connectivity index (χ1) is 6.36. The quantitative estimate of drug-likeness (QED) is 0.606. The Morgan fingerprint density at radius 1 is 1.50 bits per heavy atom. The maximum atomic E-state index is 5.11. The van der Waals surface area contributed by atoms with E-state index in [0.717, 1.165) is 12.3 Å². The third kappa shape index (κ3) is 4.18. The molecule has 0 spiro atoms. The third-order valence-corrected chi connectivity index (χ3v) is 1.69. The van der Waals surface area contributed by atoms with E-state index in [2.05, 4.69) is 11.2 Å². The lowest BCUT2D eigenvalue weighted by Gasteiger charge is -2.03. The van der Waals surface area contributed by atoms with Crippen LogP contribution in [-0.2, 0) is 6.54 Å². The second-order valence-corrected chi connectivity index (χ2v) is 2.66. The number of rotatable bonds is 4. The highest BCUT2D eigenvalue weighted by Crippen LogP contribution is 2.11. The molecule has 0 aliphatic carbocycles. The van der Waals surface area contributed by atoms with Crippen LogP contribution in [0.4, 0.5) is 0 Å². The van der Waals surface area contributed by atoms with Crippen molar-refractivity contribution in [2.75, 3.05) is 13.7 Å². The molecule has 0 fully saturated rings. The molecule has 0 aromatic heterocycles. The van der Waals surface area contributed by atoms with E-state index in [0.29, 0.717) is 6.54 Å².